The van der Waals surface area contributed by atoms with Gasteiger partial charge in [-0.05, 0) is 31.5 Å². The summed E-state index contributed by atoms with van der Waals surface area (Å²) >= 11 is 1.37. The number of aromatic nitrogens is 3. The van der Waals surface area contributed by atoms with Crippen molar-refractivity contribution in [2.24, 2.45) is 0 Å². The Kier molecular flexibility index (Phi) is 8.34. The Hall–Kier alpha value is -2.87. The zero-order valence-corrected chi connectivity index (χ0v) is 21.7. The monoisotopic (exact) mass is 536 g/mol. The third kappa shape index (κ3) is 6.27. The van der Waals surface area contributed by atoms with Crippen LogP contribution in [0.25, 0.3) is 21.8 Å². The van der Waals surface area contributed by atoms with E-state index in [0.717, 1.165) is 0 Å². The molecule has 1 atom stereocenters. The van der Waals surface area contributed by atoms with Crippen molar-refractivity contribution >= 4 is 38.1 Å². The maximum absolute atomic E-state index is 15.7. The van der Waals surface area contributed by atoms with Crippen LogP contribution >= 0.6 is 11.3 Å². The second kappa shape index (κ2) is 11.5. The van der Waals surface area contributed by atoms with Crippen LogP contribution in [0.1, 0.15) is 20.3 Å². The van der Waals surface area contributed by atoms with E-state index in [-0.39, 0.29) is 23.5 Å². The molecule has 0 radical (unpaired) electrons. The highest BCUT2D eigenvalue weighted by molar-refractivity contribution is 7.92. The number of ether oxygens (including phenoxy) is 1. The number of hydrogen-bond acceptors (Lipinski definition) is 10. The summed E-state index contributed by atoms with van der Waals surface area (Å²) < 4.78 is 48.1. The zero-order chi connectivity index (χ0) is 25.7. The first kappa shape index (κ1) is 26.2. The van der Waals surface area contributed by atoms with E-state index in [4.69, 9.17) is 9.72 Å². The summed E-state index contributed by atoms with van der Waals surface area (Å²) in [6.45, 7) is 6.09. The Balaban J connectivity index is 1.78. The maximum atomic E-state index is 15.7. The van der Waals surface area contributed by atoms with E-state index in [9.17, 15) is 13.5 Å². The summed E-state index contributed by atoms with van der Waals surface area (Å²) in [6, 6.07) is 6.26. The predicted octanol–water partition coefficient (Wildman–Crippen LogP) is 3.19. The molecule has 0 spiro atoms. The van der Waals surface area contributed by atoms with Crippen LogP contribution in [0.15, 0.2) is 30.5 Å². The van der Waals surface area contributed by atoms with Crippen LogP contribution in [0.5, 0.6) is 0 Å². The van der Waals surface area contributed by atoms with Crippen LogP contribution < -0.4 is 14.9 Å². The molecule has 3 heterocycles. The molecule has 10 nitrogen and oxygen atoms in total. The molecule has 0 aliphatic carbocycles. The molecule has 1 aliphatic heterocycles. The highest BCUT2D eigenvalue weighted by atomic mass is 32.2. The van der Waals surface area contributed by atoms with Gasteiger partial charge in [0.25, 0.3) is 0 Å². The molecule has 1 aliphatic rings. The normalized spacial score (nSPS) is 15.1. The van der Waals surface area contributed by atoms with Crippen molar-refractivity contribution in [1.82, 2.24) is 15.0 Å². The Morgan fingerprint density at radius 1 is 1.25 bits per heavy atom. The van der Waals surface area contributed by atoms with Gasteiger partial charge >= 0.3 is 0 Å². The van der Waals surface area contributed by atoms with Gasteiger partial charge in [-0.1, -0.05) is 24.3 Å². The molecular formula is C23H29FN6O4S2. The predicted molar refractivity (Wildman–Crippen MR) is 139 cm³/mol. The summed E-state index contributed by atoms with van der Waals surface area (Å²) in [4.78, 5) is 16.2. The molecule has 0 amide bonds. The number of nitrogens with one attached hydrogen (secondary N) is 2. The average molecular weight is 537 g/mol. The smallest absolute Gasteiger partial charge is 0.232 e. The molecule has 1 fully saturated rings. The summed E-state index contributed by atoms with van der Waals surface area (Å²) in [5, 5.41) is 13.2. The first-order valence-corrected chi connectivity index (χ1v) is 14.1. The van der Waals surface area contributed by atoms with Gasteiger partial charge in [0.15, 0.2) is 10.9 Å². The molecule has 0 saturated carbocycles. The van der Waals surface area contributed by atoms with Gasteiger partial charge in [-0.25, -0.2) is 27.8 Å². The highest BCUT2D eigenvalue weighted by Gasteiger charge is 2.25. The first-order valence-electron chi connectivity index (χ1n) is 11.7. The molecule has 36 heavy (non-hydrogen) atoms. The van der Waals surface area contributed by atoms with E-state index >= 15 is 4.39 Å². The van der Waals surface area contributed by atoms with Gasteiger partial charge in [-0.15, -0.1) is 0 Å². The number of benzene rings is 1. The minimum Gasteiger partial charge on any atom is -0.392 e. The zero-order valence-electron chi connectivity index (χ0n) is 20.1. The summed E-state index contributed by atoms with van der Waals surface area (Å²) in [5.74, 6) is -0.496. The summed E-state index contributed by atoms with van der Waals surface area (Å²) in [7, 11) is -3.68. The van der Waals surface area contributed by atoms with Gasteiger partial charge < -0.3 is 20.1 Å². The molecule has 3 aromatic rings. The van der Waals surface area contributed by atoms with E-state index in [1.165, 1.54) is 17.4 Å². The highest BCUT2D eigenvalue weighted by Crippen LogP contribution is 2.41. The number of thiazole rings is 1. The lowest BCUT2D eigenvalue weighted by Gasteiger charge is -2.26. The number of sulfonamides is 1. The number of aliphatic hydroxyl groups excluding tert-OH is 1. The molecule has 0 bridgehead atoms. The molecule has 13 heteroatoms. The summed E-state index contributed by atoms with van der Waals surface area (Å²) in [5.41, 5.74) is 0.918. The van der Waals surface area contributed by atoms with Crippen molar-refractivity contribution in [1.29, 1.82) is 0 Å². The Bertz CT molecular complexity index is 1300. The van der Waals surface area contributed by atoms with Gasteiger partial charge in [0, 0.05) is 31.4 Å². The molecule has 1 saturated heterocycles. The van der Waals surface area contributed by atoms with E-state index < -0.39 is 21.9 Å². The van der Waals surface area contributed by atoms with Gasteiger partial charge in [0.2, 0.25) is 16.0 Å². The molecule has 194 valence electrons. The van der Waals surface area contributed by atoms with Crippen LogP contribution in [-0.4, -0.2) is 73.2 Å². The number of aliphatic hydroxyl groups is 1. The van der Waals surface area contributed by atoms with Crippen LogP contribution in [0.2, 0.25) is 0 Å². The van der Waals surface area contributed by atoms with Crippen LogP contribution in [0.3, 0.4) is 0 Å². The van der Waals surface area contributed by atoms with Crippen molar-refractivity contribution in [3.63, 3.8) is 0 Å². The molecular weight excluding hydrogens is 507 g/mol. The standard InChI is InChI=1S/C23H29FN6O4S2/c1-3-13-36(32,33)29-17-6-4-5-16(19(17)24)20-21(35-23(28-20)30-9-11-34-12-10-30)18-7-8-25-22(27-18)26-14-15(2)31/h4-8,15,29,31H,3,9-14H2,1-2H3,(H,25,26,27)/t15-/m0/s1. The van der Waals surface area contributed by atoms with Crippen molar-refractivity contribution in [3.8, 4) is 21.8 Å². The molecule has 3 N–H and O–H groups in total. The summed E-state index contributed by atoms with van der Waals surface area (Å²) in [6.07, 6.45) is 1.41. The molecule has 0 unspecified atom stereocenters. The van der Waals surface area contributed by atoms with Crippen LogP contribution in [-0.2, 0) is 14.8 Å². The van der Waals surface area contributed by atoms with Gasteiger partial charge in [-0.2, -0.15) is 0 Å². The van der Waals surface area contributed by atoms with Gasteiger partial charge in [0.05, 0.1) is 47.0 Å². The van der Waals surface area contributed by atoms with Crippen molar-refractivity contribution in [2.75, 3.05) is 53.5 Å². The van der Waals surface area contributed by atoms with Crippen molar-refractivity contribution < 1.29 is 22.7 Å². The molecule has 2 aromatic heterocycles. The second-order valence-corrected chi connectivity index (χ2v) is 11.2. The quantitative estimate of drug-likeness (QED) is 0.358. The lowest BCUT2D eigenvalue weighted by Crippen LogP contribution is -2.36. The second-order valence-electron chi connectivity index (χ2n) is 8.36. The SMILES string of the molecule is CCCS(=O)(=O)Nc1cccc(-c2nc(N3CCOCC3)sc2-c2ccnc(NC[C@H](C)O)n2)c1F. The number of nitrogens with zero attached hydrogens (tertiary/aromatic N) is 4. The van der Waals surface area contributed by atoms with Crippen molar-refractivity contribution in [2.45, 2.75) is 26.4 Å². The number of morpholine rings is 1. The number of anilines is 3. The molecule has 1 aromatic carbocycles. The number of halogens is 1. The lowest BCUT2D eigenvalue weighted by molar-refractivity contribution is 0.122. The Morgan fingerprint density at radius 3 is 2.75 bits per heavy atom. The fourth-order valence-corrected chi connectivity index (χ4v) is 5.88. The van der Waals surface area contributed by atoms with E-state index in [0.29, 0.717) is 60.1 Å². The van der Waals surface area contributed by atoms with E-state index in [1.54, 1.807) is 38.2 Å². The minimum absolute atomic E-state index is 0.108. The Morgan fingerprint density at radius 2 is 2.03 bits per heavy atom. The third-order valence-electron chi connectivity index (χ3n) is 5.33. The van der Waals surface area contributed by atoms with Gasteiger partial charge in [-0.3, -0.25) is 4.72 Å². The largest absolute Gasteiger partial charge is 0.392 e. The van der Waals surface area contributed by atoms with Crippen molar-refractivity contribution in [3.05, 3.63) is 36.3 Å². The van der Waals surface area contributed by atoms with Crippen LogP contribution in [0, 0.1) is 5.82 Å². The first-order chi connectivity index (χ1) is 17.3. The lowest BCUT2D eigenvalue weighted by atomic mass is 10.1. The fourth-order valence-electron chi connectivity index (χ4n) is 3.65. The fraction of sp³-hybridized carbons (Fsp3) is 0.435. The third-order valence-corrected chi connectivity index (χ3v) is 7.95. The number of rotatable bonds is 10. The minimum atomic E-state index is -3.68. The van der Waals surface area contributed by atoms with E-state index in [2.05, 4.69) is 24.9 Å². The topological polar surface area (TPSA) is 130 Å². The van der Waals surface area contributed by atoms with Crippen LogP contribution in [0.4, 0.5) is 21.2 Å². The average Bonchev–Trinajstić information content (AvgIpc) is 3.30. The van der Waals surface area contributed by atoms with Gasteiger partial charge in [0.1, 0.15) is 0 Å². The Labute approximate surface area is 213 Å². The molecule has 4 rings (SSSR count). The maximum Gasteiger partial charge on any atom is 0.232 e. The van der Waals surface area contributed by atoms with E-state index in [1.807, 2.05) is 0 Å². The number of hydrogen-bond donors (Lipinski definition) is 3.